The highest BCUT2D eigenvalue weighted by Gasteiger charge is 2.62. The first kappa shape index (κ1) is 36.6. The number of sulfonamides is 1. The fourth-order valence-electron chi connectivity index (χ4n) is 7.68. The van der Waals surface area contributed by atoms with Gasteiger partial charge in [0.15, 0.2) is 11.3 Å². The highest BCUT2D eigenvalue weighted by molar-refractivity contribution is 7.91. The molecule has 2 aliphatic carbocycles. The SMILES string of the molecule is COC(=O)N[C@H]1CCCCC/C=C\[C@@H]2C[C@@]2(C(=O)NS(=O)(=O)C2CC2)NC(=O)[C@@H]2C[C@@H](Oc3c4cc(F)ccc4nc4c3oc3ccc(F)cc34)CN2C1=O. The van der Waals surface area contributed by atoms with Crippen LogP contribution in [0, 0.1) is 17.6 Å². The summed E-state index contributed by atoms with van der Waals surface area (Å²) in [4.78, 5) is 60.8. The number of ether oxygens (including phenoxy) is 2. The maximum absolute atomic E-state index is 14.7. The number of benzene rings is 2. The summed E-state index contributed by atoms with van der Waals surface area (Å²) in [7, 11) is -2.78. The molecular formula is C38H39F2N5O9S. The molecule has 4 heterocycles. The number of carbonyl (C=O) groups is 4. The summed E-state index contributed by atoms with van der Waals surface area (Å²) >= 11 is 0. The smallest absolute Gasteiger partial charge is 0.407 e. The third kappa shape index (κ3) is 7.05. The number of methoxy groups -OCH3 is 1. The first-order valence-electron chi connectivity index (χ1n) is 18.3. The molecule has 4 aromatic rings. The summed E-state index contributed by atoms with van der Waals surface area (Å²) in [6.07, 6.45) is 5.77. The normalized spacial score (nSPS) is 26.7. The Kier molecular flexibility index (Phi) is 9.38. The number of aromatic nitrogens is 1. The predicted octanol–water partition coefficient (Wildman–Crippen LogP) is 4.49. The standard InChI is InChI=1S/C38H39F2N5O9S/c1-52-37(49)42-28-8-6-4-2-3-5-7-20-18-38(20,36(48)44-55(50,51)24-11-12-24)43-34(46)29-17-23(19-45(29)35(28)47)53-32-25-15-21(39)9-13-27(25)41-31-26-16-22(40)10-14-30(26)54-33(31)32/h5,7,9-10,13-16,20,23-24,28-29H,2-4,6,8,11-12,17-19H2,1H3,(H,42,49)(H,43,46)(H,44,48)/b7-5-/t20-,23-,28+,29+,38-/m1/s1. The lowest BCUT2D eigenvalue weighted by molar-refractivity contribution is -0.141. The van der Waals surface area contributed by atoms with Crippen molar-refractivity contribution in [2.24, 2.45) is 5.92 Å². The quantitative estimate of drug-likeness (QED) is 0.236. The van der Waals surface area contributed by atoms with Crippen LogP contribution >= 0.6 is 0 Å². The highest BCUT2D eigenvalue weighted by Crippen LogP contribution is 2.46. The number of fused-ring (bicyclic) bond motifs is 6. The molecule has 0 bridgehead atoms. The Morgan fingerprint density at radius 1 is 1.04 bits per heavy atom. The van der Waals surface area contributed by atoms with Crippen molar-refractivity contribution >= 4 is 66.8 Å². The summed E-state index contributed by atoms with van der Waals surface area (Å²) in [5.41, 5.74) is -0.600. The van der Waals surface area contributed by atoms with Gasteiger partial charge >= 0.3 is 6.09 Å². The van der Waals surface area contributed by atoms with Gasteiger partial charge in [-0.25, -0.2) is 27.0 Å². The average Bonchev–Trinajstić information content (AvgIpc) is 4.06. The fourth-order valence-corrected chi connectivity index (χ4v) is 9.05. The van der Waals surface area contributed by atoms with Gasteiger partial charge in [0.25, 0.3) is 5.91 Å². The maximum atomic E-state index is 14.7. The molecule has 8 rings (SSSR count). The van der Waals surface area contributed by atoms with Crippen LogP contribution in [0.1, 0.15) is 57.8 Å². The van der Waals surface area contributed by atoms with Gasteiger partial charge in [-0.1, -0.05) is 25.0 Å². The van der Waals surface area contributed by atoms with Gasteiger partial charge in [-0.3, -0.25) is 19.1 Å². The zero-order valence-electron chi connectivity index (χ0n) is 29.8. The number of allylic oxidation sites excluding steroid dienone is 1. The van der Waals surface area contributed by atoms with Crippen molar-refractivity contribution in [3.8, 4) is 5.75 Å². The van der Waals surface area contributed by atoms with Crippen molar-refractivity contribution in [2.45, 2.75) is 86.8 Å². The van der Waals surface area contributed by atoms with E-state index in [1.807, 2.05) is 12.2 Å². The van der Waals surface area contributed by atoms with Gasteiger partial charge < -0.3 is 29.4 Å². The average molecular weight is 780 g/mol. The number of rotatable bonds is 6. The van der Waals surface area contributed by atoms with E-state index in [9.17, 15) is 36.4 Å². The van der Waals surface area contributed by atoms with Gasteiger partial charge in [-0.05, 0) is 74.9 Å². The number of hydrogen-bond donors (Lipinski definition) is 3. The number of carbonyl (C=O) groups excluding carboxylic acids is 4. The van der Waals surface area contributed by atoms with E-state index >= 15 is 0 Å². The molecule has 0 spiro atoms. The molecule has 0 unspecified atom stereocenters. The van der Waals surface area contributed by atoms with Crippen molar-refractivity contribution in [2.75, 3.05) is 13.7 Å². The summed E-state index contributed by atoms with van der Waals surface area (Å²) in [5.74, 6) is -3.72. The van der Waals surface area contributed by atoms with Crippen LogP contribution in [0.15, 0.2) is 53.0 Å². The van der Waals surface area contributed by atoms with Crippen LogP contribution in [0.5, 0.6) is 5.75 Å². The third-order valence-corrected chi connectivity index (χ3v) is 12.7. The molecule has 4 aliphatic rings. The third-order valence-electron chi connectivity index (χ3n) is 10.9. The van der Waals surface area contributed by atoms with Crippen LogP contribution in [-0.4, -0.2) is 84.7 Å². The van der Waals surface area contributed by atoms with E-state index in [4.69, 9.17) is 13.9 Å². The summed E-state index contributed by atoms with van der Waals surface area (Å²) < 4.78 is 74.4. The Balaban J connectivity index is 1.17. The Hall–Kier alpha value is -5.32. The predicted molar refractivity (Wildman–Crippen MR) is 194 cm³/mol. The topological polar surface area (TPSA) is 186 Å². The van der Waals surface area contributed by atoms with Crippen LogP contribution in [0.3, 0.4) is 0 Å². The van der Waals surface area contributed by atoms with Crippen LogP contribution in [-0.2, 0) is 29.1 Å². The number of hydrogen-bond acceptors (Lipinski definition) is 10. The molecule has 5 atom stereocenters. The second-order valence-corrected chi connectivity index (χ2v) is 16.7. The van der Waals surface area contributed by atoms with Crippen LogP contribution in [0.2, 0.25) is 0 Å². The minimum atomic E-state index is -3.95. The van der Waals surface area contributed by atoms with Crippen molar-refractivity contribution in [3.63, 3.8) is 0 Å². The van der Waals surface area contributed by atoms with Crippen LogP contribution in [0.25, 0.3) is 33.0 Å². The fraction of sp³-hybridized carbons (Fsp3) is 0.447. The number of nitrogens with one attached hydrogen (secondary N) is 3. The molecule has 1 saturated heterocycles. The number of alkyl carbamates (subject to hydrolysis) is 1. The first-order valence-corrected chi connectivity index (χ1v) is 19.9. The summed E-state index contributed by atoms with van der Waals surface area (Å²) in [6, 6.07) is 5.49. The number of amides is 4. The lowest BCUT2D eigenvalue weighted by Crippen LogP contribution is -2.58. The molecule has 2 aromatic carbocycles. The second-order valence-electron chi connectivity index (χ2n) is 14.7. The summed E-state index contributed by atoms with van der Waals surface area (Å²) in [6.45, 7) is -0.176. The minimum absolute atomic E-state index is 0.0643. The molecule has 290 valence electrons. The monoisotopic (exact) mass is 779 g/mol. The molecule has 2 aromatic heterocycles. The molecule has 3 N–H and O–H groups in total. The summed E-state index contributed by atoms with van der Waals surface area (Å²) in [5, 5.41) is 5.33. The minimum Gasteiger partial charge on any atom is -0.484 e. The van der Waals surface area contributed by atoms with Crippen molar-refractivity contribution < 1.29 is 50.3 Å². The lowest BCUT2D eigenvalue weighted by Gasteiger charge is -2.29. The molecular weight excluding hydrogens is 741 g/mol. The molecule has 17 heteroatoms. The lowest BCUT2D eigenvalue weighted by atomic mass is 10.1. The van der Waals surface area contributed by atoms with E-state index in [-0.39, 0.29) is 48.0 Å². The molecule has 3 fully saturated rings. The number of halogens is 2. The zero-order chi connectivity index (χ0) is 38.6. The molecule has 4 amide bonds. The Morgan fingerprint density at radius 2 is 1.80 bits per heavy atom. The zero-order valence-corrected chi connectivity index (χ0v) is 30.6. The van der Waals surface area contributed by atoms with Gasteiger partial charge in [-0.2, -0.15) is 0 Å². The molecule has 14 nitrogen and oxygen atoms in total. The maximum Gasteiger partial charge on any atom is 0.407 e. The van der Waals surface area contributed by atoms with Crippen molar-refractivity contribution in [1.82, 2.24) is 25.2 Å². The van der Waals surface area contributed by atoms with Crippen LogP contribution in [0.4, 0.5) is 13.6 Å². The van der Waals surface area contributed by atoms with E-state index < -0.39 is 80.4 Å². The highest BCUT2D eigenvalue weighted by atomic mass is 32.2. The Morgan fingerprint density at radius 3 is 2.56 bits per heavy atom. The second kappa shape index (κ2) is 14.1. The first-order chi connectivity index (χ1) is 26.4. The molecule has 2 aliphatic heterocycles. The molecule has 0 radical (unpaired) electrons. The number of nitrogens with zero attached hydrogens (tertiary/aromatic N) is 2. The van der Waals surface area contributed by atoms with E-state index in [1.165, 1.54) is 48.4 Å². The molecule has 2 saturated carbocycles. The number of pyridine rings is 1. The Labute approximate surface area is 314 Å². The van der Waals surface area contributed by atoms with Gasteiger partial charge in [0.05, 0.1) is 24.4 Å². The molecule has 55 heavy (non-hydrogen) atoms. The van der Waals surface area contributed by atoms with E-state index in [0.29, 0.717) is 48.6 Å². The van der Waals surface area contributed by atoms with Gasteiger partial charge in [-0.15, -0.1) is 0 Å². The van der Waals surface area contributed by atoms with Crippen LogP contribution < -0.4 is 20.1 Å². The van der Waals surface area contributed by atoms with E-state index in [0.717, 1.165) is 6.42 Å². The Bertz CT molecular complexity index is 2380. The van der Waals surface area contributed by atoms with Gasteiger partial charge in [0.1, 0.15) is 46.5 Å². The van der Waals surface area contributed by atoms with Crippen molar-refractivity contribution in [3.05, 3.63) is 60.2 Å². The van der Waals surface area contributed by atoms with Gasteiger partial charge in [0.2, 0.25) is 21.8 Å². The largest absolute Gasteiger partial charge is 0.484 e. The van der Waals surface area contributed by atoms with E-state index in [1.54, 1.807) is 0 Å². The van der Waals surface area contributed by atoms with E-state index in [2.05, 4.69) is 20.3 Å². The van der Waals surface area contributed by atoms with Crippen molar-refractivity contribution in [1.29, 1.82) is 0 Å². The van der Waals surface area contributed by atoms with Gasteiger partial charge in [0, 0.05) is 23.1 Å². The number of furan rings is 1.